The third-order valence-corrected chi connectivity index (χ3v) is 4.11. The maximum absolute atomic E-state index is 12.0. The summed E-state index contributed by atoms with van der Waals surface area (Å²) in [5.41, 5.74) is 6.02. The highest BCUT2D eigenvalue weighted by atomic mass is 32.2. The van der Waals surface area contributed by atoms with Gasteiger partial charge in [-0.25, -0.2) is 4.79 Å². The van der Waals surface area contributed by atoms with Gasteiger partial charge in [-0.15, -0.1) is 11.8 Å². The molecule has 126 valence electrons. The van der Waals surface area contributed by atoms with Crippen LogP contribution in [0.4, 0.5) is 5.69 Å². The Balaban J connectivity index is 1.92. The molecule has 1 heterocycles. The number of ether oxygens (including phenoxy) is 1. The monoisotopic (exact) mass is 347 g/mol. The number of hydrogen-bond donors (Lipinski definition) is 2. The van der Waals surface area contributed by atoms with E-state index >= 15 is 0 Å². The second kappa shape index (κ2) is 8.21. The molecule has 0 bridgehead atoms. The van der Waals surface area contributed by atoms with Crippen LogP contribution in [0.2, 0.25) is 0 Å². The highest BCUT2D eigenvalue weighted by Crippen LogP contribution is 2.26. The van der Waals surface area contributed by atoms with Gasteiger partial charge >= 0.3 is 5.97 Å². The van der Waals surface area contributed by atoms with Crippen molar-refractivity contribution in [1.82, 2.24) is 4.57 Å². The minimum atomic E-state index is -0.575. The van der Waals surface area contributed by atoms with Crippen molar-refractivity contribution in [2.45, 2.75) is 4.90 Å². The highest BCUT2D eigenvalue weighted by molar-refractivity contribution is 8.00. The Labute approximate surface area is 143 Å². The summed E-state index contributed by atoms with van der Waals surface area (Å²) < 4.78 is 6.59. The van der Waals surface area contributed by atoms with Crippen molar-refractivity contribution < 1.29 is 19.1 Å². The van der Waals surface area contributed by atoms with Crippen LogP contribution in [0.25, 0.3) is 0 Å². The van der Waals surface area contributed by atoms with Crippen molar-refractivity contribution in [3.8, 4) is 0 Å². The van der Waals surface area contributed by atoms with Crippen molar-refractivity contribution in [2.75, 3.05) is 17.7 Å². The first kappa shape index (κ1) is 17.6. The standard InChI is InChI=1S/C16H17N3O4S/c1-19-8-4-6-12(19)16(22)23-9-15(21)18-11-5-2-3-7-13(11)24-10-14(17)20/h2-8H,9-10H2,1H3,(H2,17,20)(H,18,21). The molecule has 0 spiro atoms. The molecule has 0 atom stereocenters. The van der Waals surface area contributed by atoms with E-state index in [-0.39, 0.29) is 5.75 Å². The number of amides is 2. The topological polar surface area (TPSA) is 103 Å². The van der Waals surface area contributed by atoms with E-state index in [1.165, 1.54) is 11.8 Å². The molecule has 8 heteroatoms. The van der Waals surface area contributed by atoms with Gasteiger partial charge in [0.2, 0.25) is 5.91 Å². The fourth-order valence-electron chi connectivity index (χ4n) is 1.91. The number of anilines is 1. The molecule has 2 aromatic rings. The number of nitrogens with zero attached hydrogens (tertiary/aromatic N) is 1. The number of hydrogen-bond acceptors (Lipinski definition) is 5. The Bertz CT molecular complexity index is 757. The van der Waals surface area contributed by atoms with E-state index in [9.17, 15) is 14.4 Å². The average Bonchev–Trinajstić information content (AvgIpc) is 2.98. The molecule has 1 aromatic carbocycles. The number of nitrogens with one attached hydrogen (secondary N) is 1. The summed E-state index contributed by atoms with van der Waals surface area (Å²) in [7, 11) is 1.71. The number of primary amides is 1. The van der Waals surface area contributed by atoms with Gasteiger partial charge in [0.05, 0.1) is 11.4 Å². The zero-order chi connectivity index (χ0) is 17.5. The number of thioether (sulfide) groups is 1. The van der Waals surface area contributed by atoms with Gasteiger partial charge in [0.25, 0.3) is 5.91 Å². The van der Waals surface area contributed by atoms with Crippen LogP contribution in [0.3, 0.4) is 0 Å². The number of esters is 1. The molecular formula is C16H17N3O4S. The Morgan fingerprint density at radius 1 is 1.21 bits per heavy atom. The largest absolute Gasteiger partial charge is 0.451 e. The molecule has 0 unspecified atom stereocenters. The summed E-state index contributed by atoms with van der Waals surface area (Å²) in [6, 6.07) is 10.3. The van der Waals surface area contributed by atoms with Gasteiger partial charge in [-0.2, -0.15) is 0 Å². The molecule has 0 fully saturated rings. The van der Waals surface area contributed by atoms with Crippen LogP contribution in [-0.4, -0.2) is 34.7 Å². The number of carbonyl (C=O) groups is 3. The Hall–Kier alpha value is -2.74. The van der Waals surface area contributed by atoms with Crippen molar-refractivity contribution in [2.24, 2.45) is 12.8 Å². The van der Waals surface area contributed by atoms with Crippen LogP contribution >= 0.6 is 11.8 Å². The molecule has 3 N–H and O–H groups in total. The zero-order valence-electron chi connectivity index (χ0n) is 13.0. The second-order valence-electron chi connectivity index (χ2n) is 4.88. The van der Waals surface area contributed by atoms with Crippen LogP contribution in [0, 0.1) is 0 Å². The highest BCUT2D eigenvalue weighted by Gasteiger charge is 2.14. The van der Waals surface area contributed by atoms with Gasteiger partial charge in [-0.05, 0) is 24.3 Å². The molecule has 0 aliphatic rings. The molecule has 2 rings (SSSR count). The predicted octanol–water partition coefficient (Wildman–Crippen LogP) is 1.40. The predicted molar refractivity (Wildman–Crippen MR) is 90.7 cm³/mol. The Kier molecular flexibility index (Phi) is 6.02. The minimum absolute atomic E-state index is 0.107. The number of nitrogens with two attached hydrogens (primary N) is 1. The number of benzene rings is 1. The van der Waals surface area contributed by atoms with Crippen LogP contribution in [-0.2, 0) is 21.4 Å². The van der Waals surface area contributed by atoms with E-state index in [2.05, 4.69) is 5.32 Å². The first-order valence-corrected chi connectivity index (χ1v) is 8.04. The normalized spacial score (nSPS) is 10.2. The van der Waals surface area contributed by atoms with Gasteiger partial charge < -0.3 is 20.4 Å². The summed E-state index contributed by atoms with van der Waals surface area (Å²) in [4.78, 5) is 35.4. The van der Waals surface area contributed by atoms with Gasteiger partial charge in [-0.1, -0.05) is 12.1 Å². The van der Waals surface area contributed by atoms with Gasteiger partial charge in [0.15, 0.2) is 6.61 Å². The molecule has 24 heavy (non-hydrogen) atoms. The maximum atomic E-state index is 12.0. The first-order chi connectivity index (χ1) is 11.5. The number of rotatable bonds is 7. The SMILES string of the molecule is Cn1cccc1C(=O)OCC(=O)Nc1ccccc1SCC(N)=O. The Morgan fingerprint density at radius 3 is 2.62 bits per heavy atom. The number of para-hydroxylation sites is 1. The van der Waals surface area contributed by atoms with Crippen molar-refractivity contribution in [3.63, 3.8) is 0 Å². The fraction of sp³-hybridized carbons (Fsp3) is 0.188. The third kappa shape index (κ3) is 4.88. The molecule has 7 nitrogen and oxygen atoms in total. The van der Waals surface area contributed by atoms with E-state index in [1.54, 1.807) is 54.2 Å². The summed E-state index contributed by atoms with van der Waals surface area (Å²) in [5, 5.41) is 2.65. The molecule has 0 radical (unpaired) electrons. The van der Waals surface area contributed by atoms with Crippen LogP contribution in [0.5, 0.6) is 0 Å². The number of aromatic nitrogens is 1. The lowest BCUT2D eigenvalue weighted by Gasteiger charge is -2.10. The van der Waals surface area contributed by atoms with Gasteiger partial charge in [-0.3, -0.25) is 9.59 Å². The summed E-state index contributed by atoms with van der Waals surface area (Å²) >= 11 is 1.22. The lowest BCUT2D eigenvalue weighted by atomic mass is 10.3. The van der Waals surface area contributed by atoms with Gasteiger partial charge in [0.1, 0.15) is 5.69 Å². The van der Waals surface area contributed by atoms with Crippen LogP contribution in [0.1, 0.15) is 10.5 Å². The quantitative estimate of drug-likeness (QED) is 0.582. The second-order valence-corrected chi connectivity index (χ2v) is 5.90. The molecule has 2 amide bonds. The summed E-state index contributed by atoms with van der Waals surface area (Å²) in [5.74, 6) is -1.38. The maximum Gasteiger partial charge on any atom is 0.355 e. The van der Waals surface area contributed by atoms with Crippen LogP contribution in [0.15, 0.2) is 47.5 Å². The van der Waals surface area contributed by atoms with E-state index in [0.717, 1.165) is 0 Å². The molecule has 0 aliphatic carbocycles. The average molecular weight is 347 g/mol. The molecule has 1 aromatic heterocycles. The molecule has 0 saturated heterocycles. The van der Waals surface area contributed by atoms with E-state index < -0.39 is 24.4 Å². The number of carbonyl (C=O) groups excluding carboxylic acids is 3. The van der Waals surface area contributed by atoms with E-state index in [1.807, 2.05) is 0 Å². The summed E-state index contributed by atoms with van der Waals surface area (Å²) in [6.07, 6.45) is 1.71. The van der Waals surface area contributed by atoms with Gasteiger partial charge in [0, 0.05) is 18.1 Å². The number of aryl methyl sites for hydroxylation is 1. The molecule has 0 aliphatic heterocycles. The Morgan fingerprint density at radius 2 is 1.96 bits per heavy atom. The molecule has 0 saturated carbocycles. The minimum Gasteiger partial charge on any atom is -0.451 e. The summed E-state index contributed by atoms with van der Waals surface area (Å²) in [6.45, 7) is -0.404. The van der Waals surface area contributed by atoms with Crippen molar-refractivity contribution >= 4 is 35.2 Å². The zero-order valence-corrected chi connectivity index (χ0v) is 13.8. The molecular weight excluding hydrogens is 330 g/mol. The fourth-order valence-corrected chi connectivity index (χ4v) is 2.66. The first-order valence-electron chi connectivity index (χ1n) is 7.06. The lowest BCUT2D eigenvalue weighted by Crippen LogP contribution is -2.22. The smallest absolute Gasteiger partial charge is 0.355 e. The van der Waals surface area contributed by atoms with E-state index in [4.69, 9.17) is 10.5 Å². The van der Waals surface area contributed by atoms with Crippen molar-refractivity contribution in [3.05, 3.63) is 48.3 Å². The lowest BCUT2D eigenvalue weighted by molar-refractivity contribution is -0.119. The van der Waals surface area contributed by atoms with Crippen LogP contribution < -0.4 is 11.1 Å². The third-order valence-electron chi connectivity index (χ3n) is 3.02. The van der Waals surface area contributed by atoms with Crippen molar-refractivity contribution in [1.29, 1.82) is 0 Å². The van der Waals surface area contributed by atoms with E-state index in [0.29, 0.717) is 16.3 Å².